The summed E-state index contributed by atoms with van der Waals surface area (Å²) in [6.45, 7) is 2.73. The van der Waals surface area contributed by atoms with Crippen molar-refractivity contribution in [3.63, 3.8) is 0 Å². The Morgan fingerprint density at radius 2 is 2.20 bits per heavy atom. The molecule has 0 saturated carbocycles. The van der Waals surface area contributed by atoms with Crippen LogP contribution in [0.3, 0.4) is 0 Å². The van der Waals surface area contributed by atoms with E-state index < -0.39 is 11.0 Å². The normalized spacial score (nSPS) is 29.7. The molecule has 2 aliphatic heterocycles. The SMILES string of the molecule is NCC1(CC2=NCS(=O)N2)CCNCC1. The zero-order valence-corrected chi connectivity index (χ0v) is 9.61. The number of aliphatic imine (C=N–C) groups is 1. The van der Waals surface area contributed by atoms with E-state index in [-0.39, 0.29) is 5.41 Å². The van der Waals surface area contributed by atoms with Gasteiger partial charge >= 0.3 is 0 Å². The van der Waals surface area contributed by atoms with Gasteiger partial charge in [0.15, 0.2) is 0 Å². The molecular formula is C9H18N4OS. The second kappa shape index (κ2) is 4.59. The summed E-state index contributed by atoms with van der Waals surface area (Å²) in [5.74, 6) is 1.27. The van der Waals surface area contributed by atoms with Crippen LogP contribution in [-0.4, -0.2) is 35.6 Å². The third kappa shape index (κ3) is 2.56. The molecule has 0 aromatic carbocycles. The van der Waals surface area contributed by atoms with E-state index in [0.717, 1.165) is 38.2 Å². The number of piperidine rings is 1. The molecule has 1 fully saturated rings. The largest absolute Gasteiger partial charge is 0.330 e. The maximum absolute atomic E-state index is 11.1. The number of nitrogens with zero attached hydrogens (tertiary/aromatic N) is 1. The summed E-state index contributed by atoms with van der Waals surface area (Å²) in [7, 11) is -0.988. The molecule has 15 heavy (non-hydrogen) atoms. The molecule has 0 aliphatic carbocycles. The van der Waals surface area contributed by atoms with Gasteiger partial charge in [-0.05, 0) is 37.9 Å². The van der Waals surface area contributed by atoms with E-state index in [2.05, 4.69) is 15.0 Å². The predicted octanol–water partition coefficient (Wildman–Crippen LogP) is -0.672. The van der Waals surface area contributed by atoms with Gasteiger partial charge in [-0.25, -0.2) is 4.21 Å². The molecule has 2 aliphatic rings. The van der Waals surface area contributed by atoms with Gasteiger partial charge in [0.05, 0.1) is 0 Å². The van der Waals surface area contributed by atoms with Gasteiger partial charge in [-0.2, -0.15) is 0 Å². The lowest BCUT2D eigenvalue weighted by Crippen LogP contribution is -2.44. The Bertz CT molecular complexity index is 286. The Morgan fingerprint density at radius 1 is 1.47 bits per heavy atom. The fraction of sp³-hybridized carbons (Fsp3) is 0.889. The van der Waals surface area contributed by atoms with Crippen LogP contribution in [-0.2, 0) is 11.0 Å². The number of hydrogen-bond acceptors (Lipinski definition) is 4. The van der Waals surface area contributed by atoms with Gasteiger partial charge in [-0.3, -0.25) is 9.71 Å². The smallest absolute Gasteiger partial charge is 0.140 e. The maximum atomic E-state index is 11.1. The highest BCUT2D eigenvalue weighted by molar-refractivity contribution is 7.83. The Hall–Kier alpha value is -0.460. The molecule has 1 saturated heterocycles. The van der Waals surface area contributed by atoms with Gasteiger partial charge in [-0.15, -0.1) is 0 Å². The van der Waals surface area contributed by atoms with Crippen molar-refractivity contribution in [2.45, 2.75) is 19.3 Å². The number of nitrogens with two attached hydrogens (primary N) is 1. The minimum Gasteiger partial charge on any atom is -0.330 e. The molecule has 86 valence electrons. The summed E-state index contributed by atoms with van der Waals surface area (Å²) in [6.07, 6.45) is 3.00. The van der Waals surface area contributed by atoms with Crippen molar-refractivity contribution in [3.05, 3.63) is 0 Å². The van der Waals surface area contributed by atoms with E-state index >= 15 is 0 Å². The highest BCUT2D eigenvalue weighted by Gasteiger charge is 2.33. The summed E-state index contributed by atoms with van der Waals surface area (Å²) in [5, 5.41) is 3.33. The van der Waals surface area contributed by atoms with Crippen LogP contribution in [0.15, 0.2) is 4.99 Å². The first-order valence-electron chi connectivity index (χ1n) is 5.33. The van der Waals surface area contributed by atoms with E-state index in [1.54, 1.807) is 0 Å². The fourth-order valence-corrected chi connectivity index (χ4v) is 2.93. The van der Waals surface area contributed by atoms with Gasteiger partial charge in [0.2, 0.25) is 0 Å². The van der Waals surface area contributed by atoms with Crippen molar-refractivity contribution in [1.29, 1.82) is 0 Å². The van der Waals surface area contributed by atoms with Crippen LogP contribution in [0.25, 0.3) is 0 Å². The monoisotopic (exact) mass is 230 g/mol. The van der Waals surface area contributed by atoms with Crippen LogP contribution >= 0.6 is 0 Å². The van der Waals surface area contributed by atoms with Crippen molar-refractivity contribution in [3.8, 4) is 0 Å². The molecular weight excluding hydrogens is 212 g/mol. The summed E-state index contributed by atoms with van der Waals surface area (Å²) < 4.78 is 14.0. The molecule has 2 rings (SSSR count). The topological polar surface area (TPSA) is 79.5 Å². The molecule has 5 nitrogen and oxygen atoms in total. The first-order valence-corrected chi connectivity index (χ1v) is 6.65. The summed E-state index contributed by atoms with van der Waals surface area (Å²) in [4.78, 5) is 4.23. The zero-order chi connectivity index (χ0) is 10.7. The molecule has 0 aromatic heterocycles. The second-order valence-corrected chi connectivity index (χ2v) is 5.47. The molecule has 0 bridgehead atoms. The molecule has 4 N–H and O–H groups in total. The highest BCUT2D eigenvalue weighted by atomic mass is 32.2. The Kier molecular flexibility index (Phi) is 3.38. The van der Waals surface area contributed by atoms with E-state index in [1.165, 1.54) is 0 Å². The lowest BCUT2D eigenvalue weighted by Gasteiger charge is -2.36. The minimum absolute atomic E-state index is 0.158. The first-order chi connectivity index (χ1) is 7.24. The average molecular weight is 230 g/mol. The predicted molar refractivity (Wildman–Crippen MR) is 61.8 cm³/mol. The second-order valence-electron chi connectivity index (χ2n) is 4.31. The van der Waals surface area contributed by atoms with Gasteiger partial charge in [-0.1, -0.05) is 0 Å². The lowest BCUT2D eigenvalue weighted by molar-refractivity contribution is 0.220. The highest BCUT2D eigenvalue weighted by Crippen LogP contribution is 2.31. The number of hydrogen-bond donors (Lipinski definition) is 3. The Morgan fingerprint density at radius 3 is 2.73 bits per heavy atom. The van der Waals surface area contributed by atoms with Crippen LogP contribution < -0.4 is 15.8 Å². The van der Waals surface area contributed by atoms with E-state index in [0.29, 0.717) is 12.4 Å². The van der Waals surface area contributed by atoms with Crippen LogP contribution in [0, 0.1) is 5.41 Å². The van der Waals surface area contributed by atoms with Crippen molar-refractivity contribution in [2.75, 3.05) is 25.5 Å². The van der Waals surface area contributed by atoms with Crippen LogP contribution in [0.1, 0.15) is 19.3 Å². The molecule has 1 unspecified atom stereocenters. The quantitative estimate of drug-likeness (QED) is 0.601. The number of rotatable bonds is 3. The average Bonchev–Trinajstić information content (AvgIpc) is 2.65. The Balaban J connectivity index is 1.98. The fourth-order valence-electron chi connectivity index (χ4n) is 2.19. The minimum atomic E-state index is -0.988. The molecule has 0 radical (unpaired) electrons. The maximum Gasteiger partial charge on any atom is 0.140 e. The molecule has 2 heterocycles. The van der Waals surface area contributed by atoms with E-state index in [9.17, 15) is 4.21 Å². The molecule has 6 heteroatoms. The third-order valence-electron chi connectivity index (χ3n) is 3.24. The first kappa shape index (κ1) is 11.0. The molecule has 0 aromatic rings. The van der Waals surface area contributed by atoms with Gasteiger partial charge < -0.3 is 11.1 Å². The number of nitrogens with one attached hydrogen (secondary N) is 2. The standard InChI is InChI=1S/C9H18N4OS/c10-6-9(1-3-11-4-2-9)5-8-12-7-15(14)13-8/h11H,1-7,10H2,(H,12,13). The van der Waals surface area contributed by atoms with Crippen LogP contribution in [0.2, 0.25) is 0 Å². The van der Waals surface area contributed by atoms with E-state index in [1.807, 2.05) is 0 Å². The van der Waals surface area contributed by atoms with E-state index in [4.69, 9.17) is 5.73 Å². The number of amidine groups is 1. The van der Waals surface area contributed by atoms with Gasteiger partial charge in [0.1, 0.15) is 22.7 Å². The van der Waals surface area contributed by atoms with Crippen molar-refractivity contribution < 1.29 is 4.21 Å². The zero-order valence-electron chi connectivity index (χ0n) is 8.79. The Labute approximate surface area is 92.5 Å². The summed E-state index contributed by atoms with van der Waals surface area (Å²) >= 11 is 0. The van der Waals surface area contributed by atoms with Crippen LogP contribution in [0.5, 0.6) is 0 Å². The third-order valence-corrected chi connectivity index (χ3v) is 4.07. The van der Waals surface area contributed by atoms with Gasteiger partial charge in [0.25, 0.3) is 0 Å². The molecule has 1 atom stereocenters. The summed E-state index contributed by atoms with van der Waals surface area (Å²) in [6, 6.07) is 0. The lowest BCUT2D eigenvalue weighted by atomic mass is 9.76. The van der Waals surface area contributed by atoms with Crippen molar-refractivity contribution >= 4 is 16.8 Å². The molecule has 0 amide bonds. The molecule has 0 spiro atoms. The van der Waals surface area contributed by atoms with Gasteiger partial charge in [0, 0.05) is 6.42 Å². The summed E-state index contributed by atoms with van der Waals surface area (Å²) in [5.41, 5.74) is 6.02. The van der Waals surface area contributed by atoms with Crippen molar-refractivity contribution in [2.24, 2.45) is 16.1 Å². The van der Waals surface area contributed by atoms with Crippen molar-refractivity contribution in [1.82, 2.24) is 10.0 Å². The van der Waals surface area contributed by atoms with Crippen LogP contribution in [0.4, 0.5) is 0 Å².